The van der Waals surface area contributed by atoms with Gasteiger partial charge >= 0.3 is 6.01 Å². The molecule has 3 aromatic rings. The fraction of sp³-hybridized carbons (Fsp3) is 0.348. The van der Waals surface area contributed by atoms with Gasteiger partial charge in [-0.3, -0.25) is 4.79 Å². The predicted molar refractivity (Wildman–Crippen MR) is 115 cm³/mol. The molecular weight excluding hydrogens is 364 g/mol. The van der Waals surface area contributed by atoms with Crippen molar-refractivity contribution in [3.05, 3.63) is 54.1 Å². The van der Waals surface area contributed by atoms with Gasteiger partial charge in [0.05, 0.1) is 11.8 Å². The molecule has 29 heavy (non-hydrogen) atoms. The second-order valence-electron chi connectivity index (χ2n) is 8.36. The summed E-state index contributed by atoms with van der Waals surface area (Å²) in [6.45, 7) is 11.6. The molecule has 0 aliphatic carbocycles. The average molecular weight is 393 g/mol. The van der Waals surface area contributed by atoms with Crippen LogP contribution in [0.1, 0.15) is 40.2 Å². The molecule has 152 valence electrons. The van der Waals surface area contributed by atoms with E-state index in [0.717, 1.165) is 22.5 Å². The first-order valence-electron chi connectivity index (χ1n) is 9.77. The zero-order chi connectivity index (χ0) is 21.2. The van der Waals surface area contributed by atoms with Gasteiger partial charge in [-0.05, 0) is 50.6 Å². The topological polar surface area (TPSA) is 69.0 Å². The van der Waals surface area contributed by atoms with E-state index in [1.54, 1.807) is 4.68 Å². The fourth-order valence-electron chi connectivity index (χ4n) is 2.74. The van der Waals surface area contributed by atoms with Crippen LogP contribution in [0.3, 0.4) is 0 Å². The van der Waals surface area contributed by atoms with Crippen LogP contribution in [0.4, 0.5) is 5.69 Å². The number of hydrogen-bond donors (Lipinski definition) is 1. The number of nitrogens with zero attached hydrogens (tertiary/aromatic N) is 3. The van der Waals surface area contributed by atoms with Gasteiger partial charge in [-0.2, -0.15) is 4.98 Å². The molecule has 0 fully saturated rings. The van der Waals surface area contributed by atoms with Crippen LogP contribution in [0, 0.1) is 12.3 Å². The van der Waals surface area contributed by atoms with Crippen molar-refractivity contribution in [3.63, 3.8) is 0 Å². The molecule has 0 bridgehead atoms. The summed E-state index contributed by atoms with van der Waals surface area (Å²) in [5, 5.41) is 7.50. The molecular formula is C23H28N4O2. The summed E-state index contributed by atoms with van der Waals surface area (Å²) in [6, 6.07) is 15.9. The number of anilines is 1. The summed E-state index contributed by atoms with van der Waals surface area (Å²) >= 11 is 0. The van der Waals surface area contributed by atoms with E-state index >= 15 is 0 Å². The smallest absolute Gasteiger partial charge is 0.336 e. The van der Waals surface area contributed by atoms with Gasteiger partial charge in [0.2, 0.25) is 5.91 Å². The van der Waals surface area contributed by atoms with Crippen LogP contribution in [-0.4, -0.2) is 26.8 Å². The minimum atomic E-state index is -0.453. The Bertz CT molecular complexity index is 998. The van der Waals surface area contributed by atoms with Crippen molar-refractivity contribution in [2.45, 2.75) is 47.6 Å². The van der Waals surface area contributed by atoms with Crippen LogP contribution in [0.5, 0.6) is 6.01 Å². The zero-order valence-corrected chi connectivity index (χ0v) is 17.9. The molecule has 1 aromatic heterocycles. The second-order valence-corrected chi connectivity index (χ2v) is 8.36. The van der Waals surface area contributed by atoms with Crippen molar-refractivity contribution in [3.8, 4) is 23.1 Å². The predicted octanol–water partition coefficient (Wildman–Crippen LogP) is 5.01. The highest BCUT2D eigenvalue weighted by Crippen LogP contribution is 2.27. The molecule has 0 saturated carbocycles. The first-order valence-corrected chi connectivity index (χ1v) is 9.77. The van der Waals surface area contributed by atoms with Gasteiger partial charge in [0.1, 0.15) is 0 Å². The number of aromatic nitrogens is 3. The monoisotopic (exact) mass is 392 g/mol. The largest absolute Gasteiger partial charge is 0.460 e. The molecule has 2 aromatic carbocycles. The number of nitrogens with one attached hydrogen (secondary N) is 1. The van der Waals surface area contributed by atoms with Gasteiger partial charge in [-0.15, -0.1) is 5.10 Å². The van der Waals surface area contributed by atoms with Crippen molar-refractivity contribution < 1.29 is 9.53 Å². The molecule has 0 aliphatic rings. The Labute approximate surface area is 171 Å². The molecule has 1 N–H and O–H groups in total. The van der Waals surface area contributed by atoms with E-state index < -0.39 is 5.41 Å². The highest BCUT2D eigenvalue weighted by Gasteiger charge is 2.21. The van der Waals surface area contributed by atoms with Gasteiger partial charge in [0.25, 0.3) is 0 Å². The molecule has 0 spiro atoms. The summed E-state index contributed by atoms with van der Waals surface area (Å²) in [5.41, 5.74) is 3.22. The van der Waals surface area contributed by atoms with Crippen LogP contribution in [0.25, 0.3) is 17.1 Å². The van der Waals surface area contributed by atoms with E-state index in [2.05, 4.69) is 15.4 Å². The number of carbonyl (C=O) groups is 1. The number of hydrogen-bond acceptors (Lipinski definition) is 4. The Morgan fingerprint density at radius 1 is 1.07 bits per heavy atom. The van der Waals surface area contributed by atoms with E-state index in [1.807, 2.05) is 90.1 Å². The van der Waals surface area contributed by atoms with Crippen molar-refractivity contribution >= 4 is 11.6 Å². The molecule has 3 rings (SSSR count). The summed E-state index contributed by atoms with van der Waals surface area (Å²) in [7, 11) is 0. The molecule has 0 unspecified atom stereocenters. The van der Waals surface area contributed by atoms with Crippen LogP contribution < -0.4 is 10.1 Å². The van der Waals surface area contributed by atoms with E-state index in [0.29, 0.717) is 11.8 Å². The third-order valence-corrected chi connectivity index (χ3v) is 4.37. The maximum Gasteiger partial charge on any atom is 0.336 e. The molecule has 0 saturated heterocycles. The molecule has 1 amide bonds. The zero-order valence-electron chi connectivity index (χ0n) is 17.9. The second kappa shape index (κ2) is 8.07. The van der Waals surface area contributed by atoms with Crippen LogP contribution in [0.15, 0.2) is 48.5 Å². The normalized spacial score (nSPS) is 11.6. The first-order chi connectivity index (χ1) is 13.6. The molecule has 0 atom stereocenters. The van der Waals surface area contributed by atoms with Crippen LogP contribution in [0.2, 0.25) is 0 Å². The molecule has 1 heterocycles. The average Bonchev–Trinajstić information content (AvgIpc) is 3.04. The maximum atomic E-state index is 12.2. The lowest BCUT2D eigenvalue weighted by atomic mass is 9.95. The van der Waals surface area contributed by atoms with Gasteiger partial charge in [-0.1, -0.05) is 45.0 Å². The SMILES string of the molecule is Cc1ccccc1-c1nc(OC(C)C)nn1-c1ccc(NC(=O)C(C)(C)C)cc1. The Hall–Kier alpha value is -3.15. The minimum Gasteiger partial charge on any atom is -0.460 e. The number of aryl methyl sites for hydroxylation is 1. The molecule has 6 nitrogen and oxygen atoms in total. The van der Waals surface area contributed by atoms with E-state index in [-0.39, 0.29) is 12.0 Å². The van der Waals surface area contributed by atoms with Crippen molar-refractivity contribution in [2.24, 2.45) is 5.41 Å². The standard InChI is InChI=1S/C23H28N4O2/c1-15(2)29-22-25-20(19-10-8-7-9-16(19)3)27(26-22)18-13-11-17(12-14-18)24-21(28)23(4,5)6/h7-15H,1-6H3,(H,24,28). The number of ether oxygens (including phenoxy) is 1. The molecule has 0 radical (unpaired) electrons. The number of benzene rings is 2. The Morgan fingerprint density at radius 2 is 1.72 bits per heavy atom. The lowest BCUT2D eigenvalue weighted by Gasteiger charge is -2.17. The number of rotatable bonds is 5. The third-order valence-electron chi connectivity index (χ3n) is 4.37. The molecule has 6 heteroatoms. The lowest BCUT2D eigenvalue weighted by molar-refractivity contribution is -0.123. The first kappa shape index (κ1) is 20.6. The Kier molecular flexibility index (Phi) is 5.73. The minimum absolute atomic E-state index is 0.0226. The van der Waals surface area contributed by atoms with Crippen molar-refractivity contribution in [1.29, 1.82) is 0 Å². The maximum absolute atomic E-state index is 12.2. The van der Waals surface area contributed by atoms with Gasteiger partial charge in [0.15, 0.2) is 5.82 Å². The summed E-state index contributed by atoms with van der Waals surface area (Å²) in [5.74, 6) is 0.685. The highest BCUT2D eigenvalue weighted by atomic mass is 16.5. The van der Waals surface area contributed by atoms with E-state index in [4.69, 9.17) is 4.74 Å². The summed E-state index contributed by atoms with van der Waals surface area (Å²) in [4.78, 5) is 16.8. The highest BCUT2D eigenvalue weighted by molar-refractivity contribution is 5.94. The summed E-state index contributed by atoms with van der Waals surface area (Å²) in [6.07, 6.45) is -0.0226. The van der Waals surface area contributed by atoms with Crippen LogP contribution in [-0.2, 0) is 4.79 Å². The Morgan fingerprint density at radius 3 is 2.31 bits per heavy atom. The van der Waals surface area contributed by atoms with Crippen molar-refractivity contribution in [2.75, 3.05) is 5.32 Å². The lowest BCUT2D eigenvalue weighted by Crippen LogP contribution is -2.27. The quantitative estimate of drug-likeness (QED) is 0.662. The number of amides is 1. The van der Waals surface area contributed by atoms with Gasteiger partial charge < -0.3 is 10.1 Å². The number of carbonyl (C=O) groups excluding carboxylic acids is 1. The molecule has 0 aliphatic heterocycles. The van der Waals surface area contributed by atoms with Crippen LogP contribution >= 0.6 is 0 Å². The fourth-order valence-corrected chi connectivity index (χ4v) is 2.74. The summed E-state index contributed by atoms with van der Waals surface area (Å²) < 4.78 is 7.51. The van der Waals surface area contributed by atoms with E-state index in [9.17, 15) is 4.79 Å². The van der Waals surface area contributed by atoms with Gasteiger partial charge in [0, 0.05) is 16.7 Å². The Balaban J connectivity index is 1.98. The third kappa shape index (κ3) is 4.83. The van der Waals surface area contributed by atoms with E-state index in [1.165, 1.54) is 0 Å². The van der Waals surface area contributed by atoms with Crippen molar-refractivity contribution in [1.82, 2.24) is 14.8 Å². The van der Waals surface area contributed by atoms with Gasteiger partial charge in [-0.25, -0.2) is 4.68 Å².